The first-order chi connectivity index (χ1) is 15.2. The van der Waals surface area contributed by atoms with Crippen LogP contribution in [-0.4, -0.2) is 48.6 Å². The number of ether oxygens (including phenoxy) is 2. The first-order valence-corrected chi connectivity index (χ1v) is 11.8. The Labute approximate surface area is 183 Å². The zero-order chi connectivity index (χ0) is 20.8. The summed E-state index contributed by atoms with van der Waals surface area (Å²) >= 11 is 0. The van der Waals surface area contributed by atoms with Crippen LogP contribution in [0.1, 0.15) is 44.1 Å². The standard InChI is InChI=1S/C26H30N2O3/c1-30-20-9-8-19-22(23(20)29)28(18-6-3-2-4-7-18)21-10-12-24-11-5-15-27-16-13-25(19,21)26(24,27)31-17-14-24/h2-4,6-9,21,29H,5,10-17H2,1H3. The van der Waals surface area contributed by atoms with E-state index in [1.54, 1.807) is 7.11 Å². The van der Waals surface area contributed by atoms with Crippen molar-refractivity contribution >= 4 is 11.4 Å². The third-order valence-corrected chi connectivity index (χ3v) is 9.39. The zero-order valence-electron chi connectivity index (χ0n) is 18.1. The number of methoxy groups -OCH3 is 1. The molecule has 2 aromatic carbocycles. The van der Waals surface area contributed by atoms with Gasteiger partial charge in [0.05, 0.1) is 18.2 Å². The predicted octanol–water partition coefficient (Wildman–Crippen LogP) is 4.56. The summed E-state index contributed by atoms with van der Waals surface area (Å²) in [6.07, 6.45) is 7.12. The first kappa shape index (κ1) is 18.3. The van der Waals surface area contributed by atoms with E-state index in [1.807, 2.05) is 6.07 Å². The van der Waals surface area contributed by atoms with Crippen molar-refractivity contribution in [2.24, 2.45) is 5.41 Å². The summed E-state index contributed by atoms with van der Waals surface area (Å²) in [5, 5.41) is 11.4. The SMILES string of the molecule is COc1ccc2c(c1O)N(c1ccccc1)C1CCC34CCCN5CCC21C53OCC4. The Morgan fingerprint density at radius 3 is 2.74 bits per heavy atom. The summed E-state index contributed by atoms with van der Waals surface area (Å²) in [7, 11) is 1.64. The first-order valence-electron chi connectivity index (χ1n) is 11.8. The van der Waals surface area contributed by atoms with Crippen LogP contribution in [0.25, 0.3) is 0 Å². The zero-order valence-corrected chi connectivity index (χ0v) is 18.1. The Morgan fingerprint density at radius 1 is 1.03 bits per heavy atom. The van der Waals surface area contributed by atoms with Crippen LogP contribution < -0.4 is 9.64 Å². The lowest BCUT2D eigenvalue weighted by atomic mass is 9.50. The minimum atomic E-state index is -0.250. The van der Waals surface area contributed by atoms with Crippen LogP contribution in [0.2, 0.25) is 0 Å². The number of phenols is 1. The highest BCUT2D eigenvalue weighted by Crippen LogP contribution is 2.74. The quantitative estimate of drug-likeness (QED) is 0.775. The van der Waals surface area contributed by atoms with Gasteiger partial charge >= 0.3 is 0 Å². The third-order valence-electron chi connectivity index (χ3n) is 9.39. The summed E-state index contributed by atoms with van der Waals surface area (Å²) < 4.78 is 12.5. The fraction of sp³-hybridized carbons (Fsp3) is 0.538. The Morgan fingerprint density at radius 2 is 1.90 bits per heavy atom. The summed E-state index contributed by atoms with van der Waals surface area (Å²) in [6.45, 7) is 3.06. The molecule has 4 aliphatic heterocycles. The van der Waals surface area contributed by atoms with Gasteiger partial charge in [-0.2, -0.15) is 0 Å². The second kappa shape index (κ2) is 5.96. The largest absolute Gasteiger partial charge is 0.503 e. The van der Waals surface area contributed by atoms with E-state index in [4.69, 9.17) is 9.47 Å². The number of hydrogen-bond acceptors (Lipinski definition) is 5. The smallest absolute Gasteiger partial charge is 0.182 e. The fourth-order valence-corrected chi connectivity index (χ4v) is 8.54. The van der Waals surface area contributed by atoms with E-state index in [1.165, 1.54) is 31.2 Å². The Balaban J connectivity index is 1.55. The van der Waals surface area contributed by atoms with Gasteiger partial charge in [0.15, 0.2) is 11.5 Å². The van der Waals surface area contributed by atoms with Crippen molar-refractivity contribution in [1.29, 1.82) is 0 Å². The summed E-state index contributed by atoms with van der Waals surface area (Å²) in [6, 6.07) is 15.1. The Kier molecular flexibility index (Phi) is 3.53. The molecule has 3 saturated heterocycles. The van der Waals surface area contributed by atoms with E-state index in [2.05, 4.69) is 46.2 Å². The molecular formula is C26H30N2O3. The molecule has 31 heavy (non-hydrogen) atoms. The maximum Gasteiger partial charge on any atom is 0.182 e. The number of benzene rings is 2. The second-order valence-electron chi connectivity index (χ2n) is 10.1. The van der Waals surface area contributed by atoms with Crippen LogP contribution in [-0.2, 0) is 10.2 Å². The van der Waals surface area contributed by atoms with Crippen LogP contribution in [0.4, 0.5) is 11.4 Å². The van der Waals surface area contributed by atoms with E-state index in [0.717, 1.165) is 43.9 Å². The molecule has 1 aliphatic carbocycles. The van der Waals surface area contributed by atoms with Crippen molar-refractivity contribution in [1.82, 2.24) is 4.90 Å². The topological polar surface area (TPSA) is 45.2 Å². The van der Waals surface area contributed by atoms with Gasteiger partial charge in [-0.25, -0.2) is 0 Å². The average molecular weight is 419 g/mol. The molecule has 4 fully saturated rings. The van der Waals surface area contributed by atoms with Crippen molar-refractivity contribution in [3.05, 3.63) is 48.0 Å². The minimum Gasteiger partial charge on any atom is -0.503 e. The van der Waals surface area contributed by atoms with Crippen LogP contribution in [0.15, 0.2) is 42.5 Å². The number of para-hydroxylation sites is 1. The van der Waals surface area contributed by atoms with Gasteiger partial charge in [-0.05, 0) is 62.3 Å². The molecule has 0 bridgehead atoms. The van der Waals surface area contributed by atoms with Crippen molar-refractivity contribution in [2.45, 2.75) is 55.7 Å². The molecular weight excluding hydrogens is 388 g/mol. The number of nitrogens with zero attached hydrogens (tertiary/aromatic N) is 2. The molecule has 2 aromatic rings. The normalized spacial score (nSPS) is 37.8. The third kappa shape index (κ3) is 1.85. The summed E-state index contributed by atoms with van der Waals surface area (Å²) in [4.78, 5) is 5.11. The van der Waals surface area contributed by atoms with Gasteiger partial charge in [-0.3, -0.25) is 4.90 Å². The maximum absolute atomic E-state index is 11.4. The van der Waals surface area contributed by atoms with Gasteiger partial charge in [0.2, 0.25) is 0 Å². The molecule has 4 atom stereocenters. The maximum atomic E-state index is 11.4. The Hall–Kier alpha value is -2.24. The lowest BCUT2D eigenvalue weighted by Crippen LogP contribution is -2.72. The van der Waals surface area contributed by atoms with Gasteiger partial charge in [-0.1, -0.05) is 24.3 Å². The molecule has 0 aromatic heterocycles. The molecule has 1 N–H and O–H groups in total. The van der Waals surface area contributed by atoms with Crippen LogP contribution in [0.5, 0.6) is 11.5 Å². The van der Waals surface area contributed by atoms with E-state index in [9.17, 15) is 5.11 Å². The van der Waals surface area contributed by atoms with E-state index >= 15 is 0 Å². The van der Waals surface area contributed by atoms with Crippen LogP contribution in [0, 0.1) is 5.41 Å². The lowest BCUT2D eigenvalue weighted by molar-refractivity contribution is -0.231. The highest BCUT2D eigenvalue weighted by molar-refractivity contribution is 5.83. The molecule has 4 heterocycles. The highest BCUT2D eigenvalue weighted by Gasteiger charge is 2.79. The number of rotatable bonds is 2. The van der Waals surface area contributed by atoms with Gasteiger partial charge in [-0.15, -0.1) is 0 Å². The van der Waals surface area contributed by atoms with E-state index in [-0.39, 0.29) is 28.3 Å². The van der Waals surface area contributed by atoms with Crippen molar-refractivity contribution in [3.8, 4) is 11.5 Å². The average Bonchev–Trinajstić information content (AvgIpc) is 3.45. The number of fused-ring (bicyclic) bond motifs is 1. The van der Waals surface area contributed by atoms with Crippen LogP contribution >= 0.6 is 0 Å². The molecule has 5 heteroatoms. The monoisotopic (exact) mass is 418 g/mol. The molecule has 5 nitrogen and oxygen atoms in total. The number of hydrogen-bond donors (Lipinski definition) is 1. The Bertz CT molecular complexity index is 1060. The van der Waals surface area contributed by atoms with Gasteiger partial charge < -0.3 is 19.5 Å². The molecule has 1 saturated carbocycles. The lowest BCUT2D eigenvalue weighted by Gasteiger charge is -2.62. The fourth-order valence-electron chi connectivity index (χ4n) is 8.54. The van der Waals surface area contributed by atoms with Gasteiger partial charge in [0.1, 0.15) is 5.72 Å². The van der Waals surface area contributed by atoms with Crippen molar-refractivity contribution in [3.63, 3.8) is 0 Å². The van der Waals surface area contributed by atoms with Crippen molar-refractivity contribution < 1.29 is 14.6 Å². The van der Waals surface area contributed by atoms with Gasteiger partial charge in [0, 0.05) is 36.8 Å². The highest BCUT2D eigenvalue weighted by atomic mass is 16.5. The van der Waals surface area contributed by atoms with Crippen molar-refractivity contribution in [2.75, 3.05) is 31.7 Å². The molecule has 162 valence electrons. The molecule has 0 amide bonds. The van der Waals surface area contributed by atoms with E-state index < -0.39 is 0 Å². The molecule has 4 unspecified atom stereocenters. The summed E-state index contributed by atoms with van der Waals surface area (Å²) in [5.41, 5.74) is 3.19. The second-order valence-corrected chi connectivity index (χ2v) is 10.1. The summed E-state index contributed by atoms with van der Waals surface area (Å²) in [5.74, 6) is 0.811. The number of aromatic hydroxyl groups is 1. The van der Waals surface area contributed by atoms with E-state index in [0.29, 0.717) is 5.75 Å². The minimum absolute atomic E-state index is 0.128. The molecule has 5 aliphatic rings. The molecule has 0 radical (unpaired) electrons. The predicted molar refractivity (Wildman–Crippen MR) is 119 cm³/mol. The number of anilines is 2. The number of phenolic OH excluding ortho intramolecular Hbond substituents is 1. The molecule has 2 spiro atoms. The molecule has 7 rings (SSSR count). The van der Waals surface area contributed by atoms with Crippen LogP contribution in [0.3, 0.4) is 0 Å². The van der Waals surface area contributed by atoms with Gasteiger partial charge in [0.25, 0.3) is 0 Å². The number of piperidine rings is 1.